The second kappa shape index (κ2) is 4.94. The zero-order chi connectivity index (χ0) is 14.3. The predicted molar refractivity (Wildman–Crippen MR) is 74.5 cm³/mol. The Bertz CT molecular complexity index is 681. The van der Waals surface area contributed by atoms with E-state index in [9.17, 15) is 9.18 Å². The molecule has 1 aromatic heterocycles. The van der Waals surface area contributed by atoms with Crippen LogP contribution in [-0.2, 0) is 11.2 Å². The molecule has 0 fully saturated rings. The number of carbonyl (C=O) groups excluding carboxylic acids is 1. The largest absolute Gasteiger partial charge is 0.464 e. The van der Waals surface area contributed by atoms with Crippen LogP contribution in [0.4, 0.5) is 10.1 Å². The summed E-state index contributed by atoms with van der Waals surface area (Å²) in [5.41, 5.74) is 1.80. The number of halogens is 2. The molecule has 20 heavy (non-hydrogen) atoms. The summed E-state index contributed by atoms with van der Waals surface area (Å²) in [6.45, 7) is 1.81. The fourth-order valence-electron chi connectivity index (χ4n) is 2.36. The van der Waals surface area contributed by atoms with Crippen LogP contribution in [0.15, 0.2) is 28.7 Å². The van der Waals surface area contributed by atoms with Crippen LogP contribution in [0.25, 0.3) is 0 Å². The summed E-state index contributed by atoms with van der Waals surface area (Å²) in [4.78, 5) is 11.3. The van der Waals surface area contributed by atoms with Gasteiger partial charge in [0.15, 0.2) is 0 Å². The molecule has 1 aromatic carbocycles. The maximum absolute atomic E-state index is 14.2. The molecule has 1 atom stereocenters. The van der Waals surface area contributed by atoms with E-state index in [-0.39, 0.29) is 5.91 Å². The smallest absolute Gasteiger partial charge is 0.224 e. The van der Waals surface area contributed by atoms with Gasteiger partial charge in [0.25, 0.3) is 0 Å². The number of benzene rings is 1. The minimum atomic E-state index is -0.674. The Morgan fingerprint density at radius 3 is 2.85 bits per heavy atom. The van der Waals surface area contributed by atoms with Crippen LogP contribution in [-0.4, -0.2) is 5.91 Å². The molecule has 1 unspecified atom stereocenters. The molecule has 2 aromatic rings. The van der Waals surface area contributed by atoms with Gasteiger partial charge in [-0.15, -0.1) is 11.6 Å². The minimum Gasteiger partial charge on any atom is -0.464 e. The molecule has 0 saturated heterocycles. The number of rotatable bonds is 2. The highest BCUT2D eigenvalue weighted by Gasteiger charge is 2.23. The van der Waals surface area contributed by atoms with Gasteiger partial charge in [-0.1, -0.05) is 0 Å². The lowest BCUT2D eigenvalue weighted by atomic mass is 9.98. The molecule has 5 heteroatoms. The molecule has 0 radical (unpaired) electrons. The van der Waals surface area contributed by atoms with Crippen molar-refractivity contribution in [2.24, 2.45) is 0 Å². The summed E-state index contributed by atoms with van der Waals surface area (Å²) in [5.74, 6) is 0.716. The van der Waals surface area contributed by atoms with Gasteiger partial charge in [-0.2, -0.15) is 0 Å². The lowest BCUT2D eigenvalue weighted by Gasteiger charge is -2.19. The van der Waals surface area contributed by atoms with Gasteiger partial charge in [-0.05, 0) is 43.2 Å². The van der Waals surface area contributed by atoms with E-state index in [2.05, 4.69) is 5.32 Å². The normalized spacial score (nSPS) is 15.7. The van der Waals surface area contributed by atoms with Gasteiger partial charge in [0, 0.05) is 17.7 Å². The Morgan fingerprint density at radius 1 is 1.35 bits per heavy atom. The highest BCUT2D eigenvalue weighted by molar-refractivity contribution is 6.22. The van der Waals surface area contributed by atoms with Crippen LogP contribution in [0.2, 0.25) is 0 Å². The highest BCUT2D eigenvalue weighted by atomic mass is 35.5. The quantitative estimate of drug-likeness (QED) is 0.852. The second-order valence-corrected chi connectivity index (χ2v) is 5.33. The van der Waals surface area contributed by atoms with Crippen molar-refractivity contribution in [3.8, 4) is 0 Å². The molecule has 1 amide bonds. The van der Waals surface area contributed by atoms with Gasteiger partial charge in [0.05, 0.1) is 0 Å². The van der Waals surface area contributed by atoms with Gasteiger partial charge in [0.1, 0.15) is 22.7 Å². The molecule has 3 nitrogen and oxygen atoms in total. The third-order valence-electron chi connectivity index (χ3n) is 3.40. The lowest BCUT2D eigenvalue weighted by Crippen LogP contribution is -2.19. The maximum Gasteiger partial charge on any atom is 0.224 e. The van der Waals surface area contributed by atoms with Crippen LogP contribution in [0.5, 0.6) is 0 Å². The summed E-state index contributed by atoms with van der Waals surface area (Å²) in [7, 11) is 0. The van der Waals surface area contributed by atoms with Crippen molar-refractivity contribution in [1.29, 1.82) is 0 Å². The molecular formula is C15H13ClFNO2. The zero-order valence-corrected chi connectivity index (χ0v) is 11.6. The number of nitrogens with one attached hydrogen (secondary N) is 1. The zero-order valence-electron chi connectivity index (χ0n) is 10.9. The molecule has 0 aliphatic carbocycles. The van der Waals surface area contributed by atoms with Crippen LogP contribution in [0.3, 0.4) is 0 Å². The van der Waals surface area contributed by atoms with Crippen molar-refractivity contribution in [1.82, 2.24) is 0 Å². The number of aryl methyl sites for hydroxylation is 2. The number of hydrogen-bond acceptors (Lipinski definition) is 2. The van der Waals surface area contributed by atoms with Crippen molar-refractivity contribution in [3.63, 3.8) is 0 Å². The van der Waals surface area contributed by atoms with Crippen LogP contribution < -0.4 is 5.32 Å². The third kappa shape index (κ3) is 2.31. The van der Waals surface area contributed by atoms with Crippen molar-refractivity contribution in [2.45, 2.75) is 25.1 Å². The second-order valence-electron chi connectivity index (χ2n) is 4.89. The predicted octanol–water partition coefficient (Wildman–Crippen LogP) is 3.94. The van der Waals surface area contributed by atoms with E-state index in [0.717, 1.165) is 11.3 Å². The standard InChI is InChI=1S/C15H13ClFNO2/c1-8-2-4-13(20-8)15(16)10-6-9-3-5-14(19)18-12(9)7-11(10)17/h2,4,6-7,15H,3,5H2,1H3,(H,18,19). The Morgan fingerprint density at radius 2 is 2.15 bits per heavy atom. The van der Waals surface area contributed by atoms with E-state index >= 15 is 0 Å². The highest BCUT2D eigenvalue weighted by Crippen LogP contribution is 2.35. The van der Waals surface area contributed by atoms with E-state index in [1.54, 1.807) is 18.2 Å². The van der Waals surface area contributed by atoms with Crippen LogP contribution in [0.1, 0.15) is 34.4 Å². The molecular weight excluding hydrogens is 281 g/mol. The first kappa shape index (κ1) is 13.2. The van der Waals surface area contributed by atoms with Gasteiger partial charge in [-0.3, -0.25) is 4.79 Å². The maximum atomic E-state index is 14.2. The average molecular weight is 294 g/mol. The lowest BCUT2D eigenvalue weighted by molar-refractivity contribution is -0.116. The number of carbonyl (C=O) groups is 1. The minimum absolute atomic E-state index is 0.0891. The molecule has 2 heterocycles. The Balaban J connectivity index is 2.00. The van der Waals surface area contributed by atoms with E-state index in [0.29, 0.717) is 29.9 Å². The van der Waals surface area contributed by atoms with Crippen molar-refractivity contribution in [2.75, 3.05) is 5.32 Å². The van der Waals surface area contributed by atoms with E-state index in [4.69, 9.17) is 16.0 Å². The molecule has 3 rings (SSSR count). The van der Waals surface area contributed by atoms with Crippen LogP contribution in [0, 0.1) is 12.7 Å². The van der Waals surface area contributed by atoms with Gasteiger partial charge >= 0.3 is 0 Å². The van der Waals surface area contributed by atoms with E-state index < -0.39 is 11.2 Å². The van der Waals surface area contributed by atoms with Crippen LogP contribution >= 0.6 is 11.6 Å². The summed E-state index contributed by atoms with van der Waals surface area (Å²) < 4.78 is 19.6. The Hall–Kier alpha value is -1.81. The SMILES string of the molecule is Cc1ccc(C(Cl)c2cc3c(cc2F)NC(=O)CC3)o1. The van der Waals surface area contributed by atoms with E-state index in [1.807, 2.05) is 6.92 Å². The van der Waals surface area contributed by atoms with Gasteiger partial charge < -0.3 is 9.73 Å². The number of alkyl halides is 1. The van der Waals surface area contributed by atoms with E-state index in [1.165, 1.54) is 6.07 Å². The molecule has 1 aliphatic rings. The van der Waals surface area contributed by atoms with Gasteiger partial charge in [-0.25, -0.2) is 4.39 Å². The third-order valence-corrected chi connectivity index (χ3v) is 3.85. The molecule has 0 spiro atoms. The number of hydrogen-bond donors (Lipinski definition) is 1. The summed E-state index contributed by atoms with van der Waals surface area (Å²) in [5, 5.41) is 1.99. The number of anilines is 1. The number of amides is 1. The fraction of sp³-hybridized carbons (Fsp3) is 0.267. The monoisotopic (exact) mass is 293 g/mol. The molecule has 104 valence electrons. The van der Waals surface area contributed by atoms with Gasteiger partial charge in [0.2, 0.25) is 5.91 Å². The summed E-state index contributed by atoms with van der Waals surface area (Å²) in [6, 6.07) is 6.57. The molecule has 1 aliphatic heterocycles. The first-order valence-electron chi connectivity index (χ1n) is 6.37. The molecule has 0 saturated carbocycles. The number of fused-ring (bicyclic) bond motifs is 1. The van der Waals surface area contributed by atoms with Crippen molar-refractivity contribution in [3.05, 3.63) is 52.7 Å². The van der Waals surface area contributed by atoms with Crippen molar-refractivity contribution < 1.29 is 13.6 Å². The summed E-state index contributed by atoms with van der Waals surface area (Å²) in [6.07, 6.45) is 1.00. The Kier molecular flexibility index (Phi) is 3.26. The average Bonchev–Trinajstić information content (AvgIpc) is 2.84. The first-order chi connectivity index (χ1) is 9.54. The Labute approximate surface area is 120 Å². The fourth-order valence-corrected chi connectivity index (χ4v) is 2.64. The first-order valence-corrected chi connectivity index (χ1v) is 6.81. The van der Waals surface area contributed by atoms with Crippen molar-refractivity contribution >= 4 is 23.2 Å². The topological polar surface area (TPSA) is 42.2 Å². The summed E-state index contributed by atoms with van der Waals surface area (Å²) >= 11 is 6.30. The number of furan rings is 1. The molecule has 0 bridgehead atoms. The molecule has 1 N–H and O–H groups in total.